The van der Waals surface area contributed by atoms with E-state index in [4.69, 9.17) is 4.74 Å². The van der Waals surface area contributed by atoms with E-state index in [0.29, 0.717) is 0 Å². The number of carbonyl (C=O) groups excluding carboxylic acids is 1. The fraction of sp³-hybridized carbons (Fsp3) is 0.500. The van der Waals surface area contributed by atoms with Gasteiger partial charge in [-0.05, 0) is 39.7 Å². The van der Waals surface area contributed by atoms with Gasteiger partial charge in [-0.25, -0.2) is 4.79 Å². The van der Waals surface area contributed by atoms with E-state index >= 15 is 0 Å². The molecular formula is C14H21NO2. The predicted molar refractivity (Wildman–Crippen MR) is 69.0 cm³/mol. The second kappa shape index (κ2) is 5.71. The fourth-order valence-electron chi connectivity index (χ4n) is 1.53. The summed E-state index contributed by atoms with van der Waals surface area (Å²) in [5.41, 5.74) is 0.757. The smallest absolute Gasteiger partial charge is 0.407 e. The minimum absolute atomic E-state index is 0.0623. The van der Waals surface area contributed by atoms with Crippen LogP contribution in [0.3, 0.4) is 0 Å². The van der Waals surface area contributed by atoms with Crippen LogP contribution in [0.2, 0.25) is 0 Å². The lowest BCUT2D eigenvalue weighted by Crippen LogP contribution is -2.38. The molecule has 0 spiro atoms. The maximum atomic E-state index is 11.5. The topological polar surface area (TPSA) is 38.3 Å². The van der Waals surface area contributed by atoms with Crippen molar-refractivity contribution >= 4 is 6.09 Å². The Hall–Kier alpha value is -1.51. The van der Waals surface area contributed by atoms with Crippen molar-refractivity contribution in [3.05, 3.63) is 35.9 Å². The van der Waals surface area contributed by atoms with Gasteiger partial charge in [0, 0.05) is 6.04 Å². The summed E-state index contributed by atoms with van der Waals surface area (Å²) < 4.78 is 5.20. The molecule has 0 fully saturated rings. The van der Waals surface area contributed by atoms with Gasteiger partial charge in [0.25, 0.3) is 0 Å². The highest BCUT2D eigenvalue weighted by atomic mass is 16.6. The summed E-state index contributed by atoms with van der Waals surface area (Å²) in [6.07, 6.45) is 0.445. The first kappa shape index (κ1) is 13.6. The first-order valence-electron chi connectivity index (χ1n) is 5.90. The van der Waals surface area contributed by atoms with Crippen molar-refractivity contribution in [2.24, 2.45) is 0 Å². The Balaban J connectivity index is 2.40. The molecule has 0 aliphatic rings. The average Bonchev–Trinajstić information content (AvgIpc) is 2.15. The third kappa shape index (κ3) is 5.95. The van der Waals surface area contributed by atoms with Crippen LogP contribution in [0.4, 0.5) is 4.79 Å². The van der Waals surface area contributed by atoms with Crippen molar-refractivity contribution < 1.29 is 9.53 Å². The molecule has 0 aromatic heterocycles. The molecule has 1 aromatic rings. The normalized spacial score (nSPS) is 12.9. The predicted octanol–water partition coefficient (Wildman–Crippen LogP) is 3.14. The molecule has 1 aromatic carbocycles. The van der Waals surface area contributed by atoms with Gasteiger partial charge in [-0.15, -0.1) is 0 Å². The molecule has 0 saturated carbocycles. The summed E-state index contributed by atoms with van der Waals surface area (Å²) in [7, 11) is 0. The minimum atomic E-state index is -0.448. The van der Waals surface area contributed by atoms with Crippen LogP contribution >= 0.6 is 0 Å². The number of hydrogen-bond donors (Lipinski definition) is 1. The van der Waals surface area contributed by atoms with Gasteiger partial charge in [0.05, 0.1) is 0 Å². The molecule has 1 atom stereocenters. The van der Waals surface area contributed by atoms with Crippen molar-refractivity contribution in [2.75, 3.05) is 0 Å². The summed E-state index contributed by atoms with van der Waals surface area (Å²) >= 11 is 0. The number of hydrogen-bond acceptors (Lipinski definition) is 2. The first-order chi connectivity index (χ1) is 7.87. The standard InChI is InChI=1S/C14H21NO2/c1-11(10-12-8-6-5-7-9-12)15-13(16)17-14(2,3)4/h5-9,11H,10H2,1-4H3,(H,15,16)/t11-/m1/s1. The molecule has 0 saturated heterocycles. The van der Waals surface area contributed by atoms with Crippen molar-refractivity contribution in [2.45, 2.75) is 45.8 Å². The first-order valence-corrected chi connectivity index (χ1v) is 5.90. The maximum Gasteiger partial charge on any atom is 0.407 e. The van der Waals surface area contributed by atoms with Crippen molar-refractivity contribution in [1.29, 1.82) is 0 Å². The molecule has 94 valence electrons. The quantitative estimate of drug-likeness (QED) is 0.874. The number of benzene rings is 1. The molecule has 1 rings (SSSR count). The average molecular weight is 235 g/mol. The van der Waals surface area contributed by atoms with E-state index in [9.17, 15) is 4.79 Å². The summed E-state index contributed by atoms with van der Waals surface area (Å²) in [6.45, 7) is 7.54. The zero-order chi connectivity index (χ0) is 12.9. The third-order valence-corrected chi connectivity index (χ3v) is 2.15. The van der Waals surface area contributed by atoms with Crippen LogP contribution in [0.5, 0.6) is 0 Å². The molecule has 0 aliphatic heterocycles. The van der Waals surface area contributed by atoms with Gasteiger partial charge in [0.1, 0.15) is 5.60 Å². The second-order valence-electron chi connectivity index (χ2n) is 5.24. The molecular weight excluding hydrogens is 214 g/mol. The van der Waals surface area contributed by atoms with E-state index in [0.717, 1.165) is 6.42 Å². The van der Waals surface area contributed by atoms with Crippen LogP contribution in [0, 0.1) is 0 Å². The molecule has 0 unspecified atom stereocenters. The molecule has 1 amide bonds. The highest BCUT2D eigenvalue weighted by Gasteiger charge is 2.17. The zero-order valence-electron chi connectivity index (χ0n) is 11.0. The Morgan fingerprint density at radius 3 is 2.41 bits per heavy atom. The Morgan fingerprint density at radius 2 is 1.88 bits per heavy atom. The lowest BCUT2D eigenvalue weighted by molar-refractivity contribution is 0.0508. The van der Waals surface area contributed by atoms with Gasteiger partial charge in [0.15, 0.2) is 0 Å². The van der Waals surface area contributed by atoms with Crippen LogP contribution < -0.4 is 5.32 Å². The fourth-order valence-corrected chi connectivity index (χ4v) is 1.53. The largest absolute Gasteiger partial charge is 0.444 e. The van der Waals surface area contributed by atoms with E-state index < -0.39 is 5.60 Å². The molecule has 3 nitrogen and oxygen atoms in total. The number of rotatable bonds is 3. The third-order valence-electron chi connectivity index (χ3n) is 2.15. The molecule has 0 aliphatic carbocycles. The maximum absolute atomic E-state index is 11.5. The summed E-state index contributed by atoms with van der Waals surface area (Å²) in [4.78, 5) is 11.5. The minimum Gasteiger partial charge on any atom is -0.444 e. The highest BCUT2D eigenvalue weighted by Crippen LogP contribution is 2.08. The van der Waals surface area contributed by atoms with Gasteiger partial charge >= 0.3 is 6.09 Å². The van der Waals surface area contributed by atoms with E-state index in [-0.39, 0.29) is 12.1 Å². The van der Waals surface area contributed by atoms with Crippen molar-refractivity contribution in [3.63, 3.8) is 0 Å². The van der Waals surface area contributed by atoms with E-state index in [1.54, 1.807) is 0 Å². The molecule has 17 heavy (non-hydrogen) atoms. The number of alkyl carbamates (subject to hydrolysis) is 1. The van der Waals surface area contributed by atoms with Gasteiger partial charge in [-0.2, -0.15) is 0 Å². The Morgan fingerprint density at radius 1 is 1.29 bits per heavy atom. The number of carbonyl (C=O) groups is 1. The van der Waals surface area contributed by atoms with Gasteiger partial charge in [-0.3, -0.25) is 0 Å². The van der Waals surface area contributed by atoms with Crippen LogP contribution in [-0.2, 0) is 11.2 Å². The molecule has 0 radical (unpaired) electrons. The summed E-state index contributed by atoms with van der Waals surface area (Å²) in [5, 5.41) is 2.82. The molecule has 0 bridgehead atoms. The second-order valence-corrected chi connectivity index (χ2v) is 5.24. The van der Waals surface area contributed by atoms with E-state index in [2.05, 4.69) is 5.32 Å². The van der Waals surface area contributed by atoms with Crippen molar-refractivity contribution in [1.82, 2.24) is 5.32 Å². The summed E-state index contributed by atoms with van der Waals surface area (Å²) in [5.74, 6) is 0. The zero-order valence-corrected chi connectivity index (χ0v) is 11.0. The Bertz CT molecular complexity index is 354. The summed E-state index contributed by atoms with van der Waals surface area (Å²) in [6, 6.07) is 10.1. The number of ether oxygens (including phenoxy) is 1. The van der Waals surface area contributed by atoms with Gasteiger partial charge in [0.2, 0.25) is 0 Å². The Labute approximate surface area is 103 Å². The Kier molecular flexibility index (Phi) is 4.55. The van der Waals surface area contributed by atoms with Gasteiger partial charge in [-0.1, -0.05) is 30.3 Å². The van der Waals surface area contributed by atoms with Crippen molar-refractivity contribution in [3.8, 4) is 0 Å². The van der Waals surface area contributed by atoms with E-state index in [1.807, 2.05) is 58.0 Å². The van der Waals surface area contributed by atoms with Crippen LogP contribution in [0.25, 0.3) is 0 Å². The van der Waals surface area contributed by atoms with Crippen LogP contribution in [0.1, 0.15) is 33.3 Å². The van der Waals surface area contributed by atoms with Crippen LogP contribution in [0.15, 0.2) is 30.3 Å². The van der Waals surface area contributed by atoms with E-state index in [1.165, 1.54) is 5.56 Å². The SMILES string of the molecule is C[C@H](Cc1ccccc1)NC(=O)OC(C)(C)C. The monoisotopic (exact) mass is 235 g/mol. The number of nitrogens with one attached hydrogen (secondary N) is 1. The highest BCUT2D eigenvalue weighted by molar-refractivity contribution is 5.68. The lowest BCUT2D eigenvalue weighted by atomic mass is 10.1. The lowest BCUT2D eigenvalue weighted by Gasteiger charge is -2.22. The van der Waals surface area contributed by atoms with Gasteiger partial charge < -0.3 is 10.1 Å². The number of amides is 1. The van der Waals surface area contributed by atoms with Crippen LogP contribution in [-0.4, -0.2) is 17.7 Å². The molecule has 1 N–H and O–H groups in total. The molecule has 3 heteroatoms. The molecule has 0 heterocycles.